The van der Waals surface area contributed by atoms with E-state index in [9.17, 15) is 23.1 Å². The Balaban J connectivity index is 1.92. The second-order valence-corrected chi connectivity index (χ2v) is 7.81. The van der Waals surface area contributed by atoms with Crippen LogP contribution in [0.5, 0.6) is 17.4 Å². The minimum absolute atomic E-state index is 0.0341. The van der Waals surface area contributed by atoms with E-state index in [0.29, 0.717) is 30.0 Å². The molecule has 0 radical (unpaired) electrons. The maximum Gasteiger partial charge on any atom is 0.416 e. The summed E-state index contributed by atoms with van der Waals surface area (Å²) in [5, 5.41) is 14.3. The van der Waals surface area contributed by atoms with Gasteiger partial charge in [0.15, 0.2) is 16.3 Å². The van der Waals surface area contributed by atoms with Crippen molar-refractivity contribution in [3.8, 4) is 23.1 Å². The minimum atomic E-state index is -4.59. The van der Waals surface area contributed by atoms with Crippen LogP contribution in [-0.2, 0) is 12.6 Å². The Bertz CT molecular complexity index is 1330. The maximum atomic E-state index is 13.2. The lowest BCUT2D eigenvalue weighted by molar-refractivity contribution is -0.137. The predicted molar refractivity (Wildman–Crippen MR) is 117 cm³/mol. The first kappa shape index (κ1) is 22.9. The molecule has 1 aliphatic rings. The number of hydrogen-bond acceptors (Lipinski definition) is 6. The summed E-state index contributed by atoms with van der Waals surface area (Å²) < 4.78 is 51.2. The van der Waals surface area contributed by atoms with Gasteiger partial charge in [0.1, 0.15) is 0 Å². The van der Waals surface area contributed by atoms with Crippen molar-refractivity contribution >= 4 is 12.2 Å². The molecule has 1 aromatic heterocycles. The molecule has 174 valence electrons. The number of ether oxygens (including phenoxy) is 2. The molecule has 0 saturated carbocycles. The number of aromatic amines is 1. The fourth-order valence-corrected chi connectivity index (χ4v) is 4.28. The van der Waals surface area contributed by atoms with Crippen LogP contribution in [-0.4, -0.2) is 35.4 Å². The highest BCUT2D eigenvalue weighted by Gasteiger charge is 2.32. The normalized spacial score (nSPS) is 15.7. The number of nitrogens with one attached hydrogen (secondary N) is 2. The molecular weight excluding hydrogens is 459 g/mol. The third kappa shape index (κ3) is 4.09. The topological polar surface area (TPSA) is 88.5 Å². The van der Waals surface area contributed by atoms with Gasteiger partial charge in [-0.05, 0) is 60.1 Å². The Hall–Kier alpha value is -3.31. The zero-order chi connectivity index (χ0) is 23.9. The molecule has 3 N–H and O–H groups in total. The SMILES string of the molecule is COc1cc2c(cc1OC)C(c1c(O)n(-c3cccc(C(F)(F)F)c3)c(=S)[nH]c1=O)NCC2. The number of halogens is 3. The van der Waals surface area contributed by atoms with Crippen molar-refractivity contribution in [3.63, 3.8) is 0 Å². The Labute approximate surface area is 191 Å². The van der Waals surface area contributed by atoms with E-state index in [2.05, 4.69) is 10.3 Å². The van der Waals surface area contributed by atoms with Crippen LogP contribution in [0.4, 0.5) is 13.2 Å². The van der Waals surface area contributed by atoms with Crippen LogP contribution in [0.2, 0.25) is 0 Å². The molecule has 11 heteroatoms. The summed E-state index contributed by atoms with van der Waals surface area (Å²) >= 11 is 5.17. The lowest BCUT2D eigenvalue weighted by Crippen LogP contribution is -2.35. The van der Waals surface area contributed by atoms with E-state index in [1.54, 1.807) is 12.1 Å². The monoisotopic (exact) mass is 479 g/mol. The van der Waals surface area contributed by atoms with Crippen LogP contribution < -0.4 is 20.3 Å². The summed E-state index contributed by atoms with van der Waals surface area (Å²) in [7, 11) is 2.99. The zero-order valence-corrected chi connectivity index (χ0v) is 18.4. The smallest absolute Gasteiger partial charge is 0.416 e. The van der Waals surface area contributed by atoms with Crippen molar-refractivity contribution < 1.29 is 27.8 Å². The number of fused-ring (bicyclic) bond motifs is 1. The summed E-state index contributed by atoms with van der Waals surface area (Å²) in [6, 6.07) is 7.09. The van der Waals surface area contributed by atoms with E-state index in [-0.39, 0.29) is 16.0 Å². The first-order valence-corrected chi connectivity index (χ1v) is 10.3. The number of methoxy groups -OCH3 is 2. The largest absolute Gasteiger partial charge is 0.494 e. The maximum absolute atomic E-state index is 13.2. The number of rotatable bonds is 4. The molecule has 0 fully saturated rings. The van der Waals surface area contributed by atoms with Gasteiger partial charge >= 0.3 is 6.18 Å². The van der Waals surface area contributed by atoms with Gasteiger partial charge in [-0.15, -0.1) is 0 Å². The summed E-state index contributed by atoms with van der Waals surface area (Å²) in [6.45, 7) is 0.491. The van der Waals surface area contributed by atoms with Gasteiger partial charge in [-0.25, -0.2) is 0 Å². The lowest BCUT2D eigenvalue weighted by atomic mass is 9.90. The number of aromatic nitrogens is 2. The molecule has 4 rings (SSSR count). The predicted octanol–water partition coefficient (Wildman–Crippen LogP) is 3.87. The second-order valence-electron chi connectivity index (χ2n) is 7.42. The highest BCUT2D eigenvalue weighted by molar-refractivity contribution is 7.71. The molecule has 2 aromatic carbocycles. The van der Waals surface area contributed by atoms with Crippen molar-refractivity contribution in [1.82, 2.24) is 14.9 Å². The fourth-order valence-electron chi connectivity index (χ4n) is 4.00. The summed E-state index contributed by atoms with van der Waals surface area (Å²) in [5.74, 6) is 0.407. The Morgan fingerprint density at radius 3 is 2.52 bits per heavy atom. The Kier molecular flexibility index (Phi) is 5.93. The lowest BCUT2D eigenvalue weighted by Gasteiger charge is -2.29. The van der Waals surface area contributed by atoms with Crippen LogP contribution in [0.25, 0.3) is 5.69 Å². The fraction of sp³-hybridized carbons (Fsp3) is 0.273. The van der Waals surface area contributed by atoms with Gasteiger partial charge in [0.25, 0.3) is 5.56 Å². The van der Waals surface area contributed by atoms with Crippen molar-refractivity contribution in [2.45, 2.75) is 18.6 Å². The van der Waals surface area contributed by atoms with Gasteiger partial charge in [0.2, 0.25) is 5.88 Å². The molecule has 33 heavy (non-hydrogen) atoms. The highest BCUT2D eigenvalue weighted by Crippen LogP contribution is 2.39. The molecule has 0 amide bonds. The van der Waals surface area contributed by atoms with Gasteiger partial charge in [-0.1, -0.05) is 6.07 Å². The molecule has 0 aliphatic carbocycles. The van der Waals surface area contributed by atoms with Crippen LogP contribution in [0, 0.1) is 4.77 Å². The number of nitrogens with zero attached hydrogens (tertiary/aromatic N) is 1. The van der Waals surface area contributed by atoms with E-state index < -0.39 is 29.2 Å². The quantitative estimate of drug-likeness (QED) is 0.493. The van der Waals surface area contributed by atoms with Crippen molar-refractivity contribution in [3.05, 3.63) is 73.8 Å². The van der Waals surface area contributed by atoms with Crippen LogP contribution >= 0.6 is 12.2 Å². The average Bonchev–Trinajstić information content (AvgIpc) is 2.77. The van der Waals surface area contributed by atoms with E-state index >= 15 is 0 Å². The molecule has 0 spiro atoms. The number of hydrogen-bond donors (Lipinski definition) is 3. The van der Waals surface area contributed by atoms with Crippen LogP contribution in [0.3, 0.4) is 0 Å². The van der Waals surface area contributed by atoms with Crippen LogP contribution in [0.15, 0.2) is 41.2 Å². The van der Waals surface area contributed by atoms with Gasteiger partial charge in [-0.2, -0.15) is 13.2 Å². The Morgan fingerprint density at radius 1 is 1.15 bits per heavy atom. The van der Waals surface area contributed by atoms with Gasteiger partial charge < -0.3 is 19.9 Å². The van der Waals surface area contributed by atoms with Gasteiger partial charge in [0.05, 0.1) is 37.1 Å². The van der Waals surface area contributed by atoms with Crippen LogP contribution in [0.1, 0.15) is 28.3 Å². The zero-order valence-electron chi connectivity index (χ0n) is 17.6. The molecule has 1 unspecified atom stereocenters. The highest BCUT2D eigenvalue weighted by atomic mass is 32.1. The molecule has 1 aliphatic heterocycles. The molecular formula is C22H20F3N3O4S. The molecule has 2 heterocycles. The third-order valence-electron chi connectivity index (χ3n) is 5.54. The second kappa shape index (κ2) is 8.56. The number of benzene rings is 2. The van der Waals surface area contributed by atoms with Crippen molar-refractivity contribution in [2.75, 3.05) is 20.8 Å². The number of H-pyrrole nitrogens is 1. The molecule has 3 aromatic rings. The molecule has 0 bridgehead atoms. The third-order valence-corrected chi connectivity index (χ3v) is 5.83. The standard InChI is InChI=1S/C22H20F3N3O4S/c1-31-15-8-11-6-7-26-18(14(11)10-16(15)32-2)17-19(29)27-21(33)28(20(17)30)13-5-3-4-12(9-13)22(23,24)25/h3-5,8-10,18,26,30H,6-7H2,1-2H3,(H,27,29,33). The van der Waals surface area contributed by atoms with E-state index in [0.717, 1.165) is 22.3 Å². The first-order valence-electron chi connectivity index (χ1n) is 9.89. The van der Waals surface area contributed by atoms with E-state index in [4.69, 9.17) is 21.7 Å². The first-order chi connectivity index (χ1) is 15.7. The van der Waals surface area contributed by atoms with Crippen molar-refractivity contribution in [2.24, 2.45) is 0 Å². The molecule has 1 atom stereocenters. The van der Waals surface area contributed by atoms with Gasteiger partial charge in [-0.3, -0.25) is 14.3 Å². The Morgan fingerprint density at radius 2 is 1.85 bits per heavy atom. The molecule has 7 nitrogen and oxygen atoms in total. The van der Waals surface area contributed by atoms with E-state index in [1.807, 2.05) is 0 Å². The minimum Gasteiger partial charge on any atom is -0.494 e. The average molecular weight is 479 g/mol. The molecule has 0 saturated heterocycles. The van der Waals surface area contributed by atoms with E-state index in [1.165, 1.54) is 26.4 Å². The summed E-state index contributed by atoms with van der Waals surface area (Å²) in [5.41, 5.74) is -0.120. The van der Waals surface area contributed by atoms with Crippen molar-refractivity contribution in [1.29, 1.82) is 0 Å². The number of aromatic hydroxyl groups is 1. The summed E-state index contributed by atoms with van der Waals surface area (Å²) in [4.78, 5) is 15.4. The number of alkyl halides is 3. The summed E-state index contributed by atoms with van der Waals surface area (Å²) in [6.07, 6.45) is -3.95. The van der Waals surface area contributed by atoms with Gasteiger partial charge in [0, 0.05) is 6.54 Å².